The van der Waals surface area contributed by atoms with E-state index in [1.807, 2.05) is 11.8 Å². The summed E-state index contributed by atoms with van der Waals surface area (Å²) in [6.45, 7) is 4.24. The molecule has 1 aliphatic heterocycles. The third kappa shape index (κ3) is 1.88. The summed E-state index contributed by atoms with van der Waals surface area (Å²) in [6, 6.07) is 0. The first-order valence-corrected chi connectivity index (χ1v) is 5.93. The third-order valence-electron chi connectivity index (χ3n) is 2.35. The van der Waals surface area contributed by atoms with E-state index in [0.29, 0.717) is 11.8 Å². The van der Waals surface area contributed by atoms with Gasteiger partial charge in [0.1, 0.15) is 5.82 Å². The number of hydrogen-bond donors (Lipinski definition) is 1. The van der Waals surface area contributed by atoms with Crippen LogP contribution in [0.2, 0.25) is 0 Å². The molecule has 0 saturated carbocycles. The summed E-state index contributed by atoms with van der Waals surface area (Å²) in [6.07, 6.45) is 1.25. The molecule has 72 valence electrons. The molecule has 1 saturated heterocycles. The monoisotopic (exact) mass is 197 g/mol. The number of rotatable bonds is 2. The minimum absolute atomic E-state index is 0.430. The molecule has 4 heteroatoms. The number of nitrogens with zero attached hydrogens (tertiary/aromatic N) is 2. The van der Waals surface area contributed by atoms with Crippen molar-refractivity contribution in [3.63, 3.8) is 0 Å². The highest BCUT2D eigenvalue weighted by Gasteiger charge is 2.21. The Morgan fingerprint density at radius 2 is 2.38 bits per heavy atom. The molecule has 1 atom stereocenters. The number of H-pyrrole nitrogens is 1. The molecule has 1 aliphatic rings. The number of hydrogen-bond acceptors (Lipinski definition) is 3. The maximum Gasteiger partial charge on any atom is 0.153 e. The van der Waals surface area contributed by atoms with Crippen LogP contribution in [-0.4, -0.2) is 26.7 Å². The second kappa shape index (κ2) is 3.70. The number of thioether (sulfide) groups is 1. The summed E-state index contributed by atoms with van der Waals surface area (Å²) >= 11 is 2.01. The maximum atomic E-state index is 4.51. The van der Waals surface area contributed by atoms with Gasteiger partial charge in [0.05, 0.1) is 0 Å². The first-order chi connectivity index (χ1) is 6.27. The summed E-state index contributed by atoms with van der Waals surface area (Å²) in [7, 11) is 0. The molecule has 13 heavy (non-hydrogen) atoms. The normalized spacial score (nSPS) is 22.8. The van der Waals surface area contributed by atoms with Crippen LogP contribution in [0.25, 0.3) is 0 Å². The lowest BCUT2D eigenvalue weighted by Crippen LogP contribution is -1.99. The summed E-state index contributed by atoms with van der Waals surface area (Å²) in [5, 5.41) is 7.27. The van der Waals surface area contributed by atoms with Crippen molar-refractivity contribution in [1.29, 1.82) is 0 Å². The minimum Gasteiger partial charge on any atom is -0.263 e. The van der Waals surface area contributed by atoms with Gasteiger partial charge in [-0.05, 0) is 12.2 Å². The Labute approximate surface area is 82.7 Å². The van der Waals surface area contributed by atoms with Crippen LogP contribution in [0.15, 0.2) is 0 Å². The Kier molecular flexibility index (Phi) is 2.58. The molecule has 0 bridgehead atoms. The number of aromatic nitrogens is 3. The van der Waals surface area contributed by atoms with Crippen molar-refractivity contribution >= 4 is 11.8 Å². The Morgan fingerprint density at radius 3 is 2.92 bits per heavy atom. The van der Waals surface area contributed by atoms with E-state index < -0.39 is 0 Å². The lowest BCUT2D eigenvalue weighted by molar-refractivity contribution is 0.719. The highest BCUT2D eigenvalue weighted by atomic mass is 32.2. The van der Waals surface area contributed by atoms with Gasteiger partial charge in [-0.15, -0.1) is 0 Å². The van der Waals surface area contributed by atoms with Gasteiger partial charge in [-0.25, -0.2) is 4.98 Å². The summed E-state index contributed by atoms with van der Waals surface area (Å²) in [4.78, 5) is 4.51. The smallest absolute Gasteiger partial charge is 0.153 e. The van der Waals surface area contributed by atoms with Crippen LogP contribution in [-0.2, 0) is 0 Å². The first kappa shape index (κ1) is 9.06. The van der Waals surface area contributed by atoms with Gasteiger partial charge in [0.25, 0.3) is 0 Å². The molecule has 2 heterocycles. The molecule has 0 aromatic carbocycles. The van der Waals surface area contributed by atoms with Gasteiger partial charge in [-0.1, -0.05) is 13.8 Å². The molecule has 1 aromatic rings. The number of aromatic amines is 1. The fourth-order valence-electron chi connectivity index (χ4n) is 1.48. The van der Waals surface area contributed by atoms with Gasteiger partial charge < -0.3 is 0 Å². The first-order valence-electron chi connectivity index (χ1n) is 4.77. The standard InChI is InChI=1S/C9H15N3S/c1-6(2)8-10-9(12-11-8)7-3-4-13-5-7/h6-7H,3-5H2,1-2H3,(H,10,11,12). The van der Waals surface area contributed by atoms with Crippen LogP contribution >= 0.6 is 11.8 Å². The van der Waals surface area contributed by atoms with Crippen molar-refractivity contribution in [2.75, 3.05) is 11.5 Å². The Morgan fingerprint density at radius 1 is 1.54 bits per heavy atom. The van der Waals surface area contributed by atoms with Crippen LogP contribution < -0.4 is 0 Å². The predicted molar refractivity (Wildman–Crippen MR) is 55.2 cm³/mol. The predicted octanol–water partition coefficient (Wildman–Crippen LogP) is 2.15. The fourth-order valence-corrected chi connectivity index (χ4v) is 2.71. The van der Waals surface area contributed by atoms with Crippen LogP contribution in [0.4, 0.5) is 0 Å². The molecule has 0 radical (unpaired) electrons. The largest absolute Gasteiger partial charge is 0.263 e. The molecule has 1 aromatic heterocycles. The van der Waals surface area contributed by atoms with E-state index in [2.05, 4.69) is 29.0 Å². The zero-order valence-electron chi connectivity index (χ0n) is 8.08. The molecule has 0 amide bonds. The molecule has 0 aliphatic carbocycles. The number of nitrogens with one attached hydrogen (secondary N) is 1. The molecule has 0 spiro atoms. The lowest BCUT2D eigenvalue weighted by Gasteiger charge is -2.01. The van der Waals surface area contributed by atoms with Crippen molar-refractivity contribution in [2.24, 2.45) is 0 Å². The van der Waals surface area contributed by atoms with E-state index in [0.717, 1.165) is 11.6 Å². The second-order valence-electron chi connectivity index (χ2n) is 3.79. The van der Waals surface area contributed by atoms with E-state index in [4.69, 9.17) is 0 Å². The van der Waals surface area contributed by atoms with E-state index in [-0.39, 0.29) is 0 Å². The molecule has 2 rings (SSSR count). The van der Waals surface area contributed by atoms with Gasteiger partial charge in [-0.3, -0.25) is 5.10 Å². The quantitative estimate of drug-likeness (QED) is 0.790. The van der Waals surface area contributed by atoms with E-state index in [9.17, 15) is 0 Å². The minimum atomic E-state index is 0.430. The average molecular weight is 197 g/mol. The van der Waals surface area contributed by atoms with Crippen molar-refractivity contribution in [3.8, 4) is 0 Å². The van der Waals surface area contributed by atoms with Crippen molar-refractivity contribution in [3.05, 3.63) is 11.6 Å². The highest BCUT2D eigenvalue weighted by Crippen LogP contribution is 2.30. The maximum absolute atomic E-state index is 4.51. The molecule has 3 nitrogen and oxygen atoms in total. The molecular formula is C9H15N3S. The van der Waals surface area contributed by atoms with Gasteiger partial charge in [0, 0.05) is 17.6 Å². The van der Waals surface area contributed by atoms with E-state index in [1.165, 1.54) is 17.9 Å². The van der Waals surface area contributed by atoms with Crippen molar-refractivity contribution in [1.82, 2.24) is 15.2 Å². The topological polar surface area (TPSA) is 41.6 Å². The Bertz CT molecular complexity index is 276. The zero-order valence-corrected chi connectivity index (χ0v) is 8.90. The van der Waals surface area contributed by atoms with Gasteiger partial charge >= 0.3 is 0 Å². The van der Waals surface area contributed by atoms with Crippen molar-refractivity contribution in [2.45, 2.75) is 32.1 Å². The van der Waals surface area contributed by atoms with Gasteiger partial charge in [-0.2, -0.15) is 16.9 Å². The summed E-state index contributed by atoms with van der Waals surface area (Å²) in [5.41, 5.74) is 0. The molecule has 1 N–H and O–H groups in total. The highest BCUT2D eigenvalue weighted by molar-refractivity contribution is 7.99. The average Bonchev–Trinajstić information content (AvgIpc) is 2.75. The molecular weight excluding hydrogens is 182 g/mol. The summed E-state index contributed by atoms with van der Waals surface area (Å²) in [5.74, 6) is 5.56. The van der Waals surface area contributed by atoms with Crippen LogP contribution in [0.1, 0.15) is 43.8 Å². The zero-order chi connectivity index (χ0) is 9.26. The van der Waals surface area contributed by atoms with Crippen LogP contribution in [0.5, 0.6) is 0 Å². The van der Waals surface area contributed by atoms with Crippen LogP contribution in [0.3, 0.4) is 0 Å². The SMILES string of the molecule is CC(C)c1n[nH]c(C2CCSC2)n1. The van der Waals surface area contributed by atoms with Crippen LogP contribution in [0, 0.1) is 0 Å². The summed E-state index contributed by atoms with van der Waals surface area (Å²) < 4.78 is 0. The Balaban J connectivity index is 2.12. The second-order valence-corrected chi connectivity index (χ2v) is 4.94. The fraction of sp³-hybridized carbons (Fsp3) is 0.778. The lowest BCUT2D eigenvalue weighted by atomic mass is 10.1. The van der Waals surface area contributed by atoms with E-state index in [1.54, 1.807) is 0 Å². The molecule has 1 fully saturated rings. The molecule has 1 unspecified atom stereocenters. The van der Waals surface area contributed by atoms with Gasteiger partial charge in [0.15, 0.2) is 5.82 Å². The Hall–Kier alpha value is -0.510. The van der Waals surface area contributed by atoms with Crippen molar-refractivity contribution < 1.29 is 0 Å². The van der Waals surface area contributed by atoms with E-state index >= 15 is 0 Å². The van der Waals surface area contributed by atoms with Gasteiger partial charge in [0.2, 0.25) is 0 Å². The third-order valence-corrected chi connectivity index (χ3v) is 3.52.